The lowest BCUT2D eigenvalue weighted by molar-refractivity contribution is 0.0706. The number of aromatic nitrogens is 1. The zero-order valence-corrected chi connectivity index (χ0v) is 9.15. The van der Waals surface area contributed by atoms with Gasteiger partial charge >= 0.3 is 0 Å². The molecule has 0 atom stereocenters. The molecule has 2 N–H and O–H groups in total. The first-order valence-corrected chi connectivity index (χ1v) is 5.00. The van der Waals surface area contributed by atoms with E-state index >= 15 is 0 Å². The number of hydrogen-bond acceptors (Lipinski definition) is 3. The lowest BCUT2D eigenvalue weighted by atomic mass is 10.1. The molecule has 2 aromatic rings. The van der Waals surface area contributed by atoms with Crippen LogP contribution in [0, 0.1) is 0 Å². The molecule has 0 bridgehead atoms. The molecule has 0 saturated heterocycles. The minimum absolute atomic E-state index is 0.380. The Kier molecular flexibility index (Phi) is 2.66. The molecule has 76 valence electrons. The standard InChI is InChI=1S/C10H7BrN2O2/c11-8-5-7(10(14)13-15)4-6-2-1-3-12-9(6)8/h1-5,15H,(H,13,14). The summed E-state index contributed by atoms with van der Waals surface area (Å²) in [6.07, 6.45) is 1.68. The van der Waals surface area contributed by atoms with Gasteiger partial charge in [0, 0.05) is 21.6 Å². The van der Waals surface area contributed by atoms with Crippen LogP contribution in [0.4, 0.5) is 0 Å². The molecule has 4 nitrogen and oxygen atoms in total. The number of benzene rings is 1. The number of halogens is 1. The highest BCUT2D eigenvalue weighted by Gasteiger charge is 2.08. The van der Waals surface area contributed by atoms with E-state index in [9.17, 15) is 4.79 Å². The van der Waals surface area contributed by atoms with Gasteiger partial charge < -0.3 is 0 Å². The number of nitrogens with one attached hydrogen (secondary N) is 1. The second-order valence-electron chi connectivity index (χ2n) is 2.97. The number of hydrogen-bond donors (Lipinski definition) is 2. The Hall–Kier alpha value is -1.46. The van der Waals surface area contributed by atoms with Gasteiger partial charge in [-0.25, -0.2) is 5.48 Å². The monoisotopic (exact) mass is 266 g/mol. The molecule has 0 aliphatic rings. The molecular weight excluding hydrogens is 260 g/mol. The van der Waals surface area contributed by atoms with E-state index in [0.29, 0.717) is 5.56 Å². The minimum Gasteiger partial charge on any atom is -0.288 e. The molecule has 0 aliphatic carbocycles. The first-order chi connectivity index (χ1) is 7.22. The molecule has 1 amide bonds. The molecule has 0 saturated carbocycles. The van der Waals surface area contributed by atoms with Crippen LogP contribution in [0.3, 0.4) is 0 Å². The van der Waals surface area contributed by atoms with Gasteiger partial charge in [0.05, 0.1) is 5.52 Å². The third kappa shape index (κ3) is 1.84. The number of rotatable bonds is 1. The van der Waals surface area contributed by atoms with Crippen LogP contribution >= 0.6 is 15.9 Å². The van der Waals surface area contributed by atoms with Crippen LogP contribution in [0.5, 0.6) is 0 Å². The highest BCUT2D eigenvalue weighted by Crippen LogP contribution is 2.23. The van der Waals surface area contributed by atoms with Crippen molar-refractivity contribution >= 4 is 32.7 Å². The Balaban J connectivity index is 2.67. The maximum atomic E-state index is 11.2. The van der Waals surface area contributed by atoms with Gasteiger partial charge in [-0.05, 0) is 34.1 Å². The number of amides is 1. The van der Waals surface area contributed by atoms with Crippen molar-refractivity contribution in [3.8, 4) is 0 Å². The smallest absolute Gasteiger partial charge is 0.274 e. The van der Waals surface area contributed by atoms with Crippen LogP contribution < -0.4 is 5.48 Å². The van der Waals surface area contributed by atoms with Crippen molar-refractivity contribution < 1.29 is 10.0 Å². The third-order valence-electron chi connectivity index (χ3n) is 2.02. The van der Waals surface area contributed by atoms with Gasteiger partial charge in [-0.2, -0.15) is 0 Å². The van der Waals surface area contributed by atoms with E-state index in [1.165, 1.54) is 0 Å². The zero-order chi connectivity index (χ0) is 10.8. The Morgan fingerprint density at radius 3 is 3.00 bits per heavy atom. The van der Waals surface area contributed by atoms with Crippen LogP contribution in [-0.2, 0) is 0 Å². The fourth-order valence-electron chi connectivity index (χ4n) is 1.34. The van der Waals surface area contributed by atoms with Gasteiger partial charge in [0.25, 0.3) is 5.91 Å². The van der Waals surface area contributed by atoms with Gasteiger partial charge in [-0.3, -0.25) is 15.0 Å². The van der Waals surface area contributed by atoms with Crippen LogP contribution in [-0.4, -0.2) is 16.1 Å². The number of fused-ring (bicyclic) bond motifs is 1. The number of hydroxylamine groups is 1. The summed E-state index contributed by atoms with van der Waals surface area (Å²) in [5.74, 6) is -0.540. The van der Waals surface area contributed by atoms with Gasteiger partial charge in [0.2, 0.25) is 0 Å². The van der Waals surface area contributed by atoms with E-state index in [2.05, 4.69) is 20.9 Å². The van der Waals surface area contributed by atoms with Crippen molar-refractivity contribution in [3.05, 3.63) is 40.5 Å². The van der Waals surface area contributed by atoms with Crippen molar-refractivity contribution in [2.45, 2.75) is 0 Å². The lowest BCUT2D eigenvalue weighted by Crippen LogP contribution is -2.18. The summed E-state index contributed by atoms with van der Waals surface area (Å²) in [6.45, 7) is 0. The van der Waals surface area contributed by atoms with Gasteiger partial charge in [0.15, 0.2) is 0 Å². The molecule has 0 unspecified atom stereocenters. The molecule has 15 heavy (non-hydrogen) atoms. The molecule has 1 aromatic heterocycles. The second-order valence-corrected chi connectivity index (χ2v) is 3.83. The Labute approximate surface area is 94.0 Å². The average molecular weight is 267 g/mol. The first-order valence-electron chi connectivity index (χ1n) is 4.21. The molecule has 1 aromatic carbocycles. The van der Waals surface area contributed by atoms with Crippen molar-refractivity contribution in [1.29, 1.82) is 0 Å². The number of pyridine rings is 1. The maximum absolute atomic E-state index is 11.2. The van der Waals surface area contributed by atoms with Crippen molar-refractivity contribution in [2.75, 3.05) is 0 Å². The fraction of sp³-hybridized carbons (Fsp3) is 0. The first kappa shape index (κ1) is 10.1. The van der Waals surface area contributed by atoms with Crippen LogP contribution in [0.1, 0.15) is 10.4 Å². The van der Waals surface area contributed by atoms with Gasteiger partial charge in [-0.1, -0.05) is 6.07 Å². The SMILES string of the molecule is O=C(NO)c1cc(Br)c2ncccc2c1. The summed E-state index contributed by atoms with van der Waals surface area (Å²) in [5.41, 5.74) is 2.76. The molecular formula is C10H7BrN2O2. The molecule has 5 heteroatoms. The maximum Gasteiger partial charge on any atom is 0.274 e. The zero-order valence-electron chi connectivity index (χ0n) is 7.57. The summed E-state index contributed by atoms with van der Waals surface area (Å²) in [6, 6.07) is 6.91. The van der Waals surface area contributed by atoms with Crippen LogP contribution in [0.15, 0.2) is 34.9 Å². The molecule has 0 fully saturated rings. The molecule has 2 rings (SSSR count). The summed E-state index contributed by atoms with van der Waals surface area (Å²) >= 11 is 3.32. The summed E-state index contributed by atoms with van der Waals surface area (Å²) in [4.78, 5) is 15.4. The Bertz CT molecular complexity index is 528. The molecule has 0 aliphatic heterocycles. The highest BCUT2D eigenvalue weighted by atomic mass is 79.9. The van der Waals surface area contributed by atoms with E-state index in [-0.39, 0.29) is 0 Å². The Morgan fingerprint density at radius 2 is 2.27 bits per heavy atom. The molecule has 0 radical (unpaired) electrons. The van der Waals surface area contributed by atoms with E-state index in [0.717, 1.165) is 15.4 Å². The summed E-state index contributed by atoms with van der Waals surface area (Å²) in [7, 11) is 0. The molecule has 0 spiro atoms. The normalized spacial score (nSPS) is 10.3. The Morgan fingerprint density at radius 1 is 1.47 bits per heavy atom. The largest absolute Gasteiger partial charge is 0.288 e. The van der Waals surface area contributed by atoms with Gasteiger partial charge in [0.1, 0.15) is 0 Å². The quantitative estimate of drug-likeness (QED) is 0.614. The van der Waals surface area contributed by atoms with E-state index < -0.39 is 5.91 Å². The fourth-order valence-corrected chi connectivity index (χ4v) is 1.92. The highest BCUT2D eigenvalue weighted by molar-refractivity contribution is 9.10. The van der Waals surface area contributed by atoms with E-state index in [1.54, 1.807) is 29.9 Å². The van der Waals surface area contributed by atoms with Gasteiger partial charge in [-0.15, -0.1) is 0 Å². The molecule has 1 heterocycles. The van der Waals surface area contributed by atoms with Crippen molar-refractivity contribution in [3.63, 3.8) is 0 Å². The van der Waals surface area contributed by atoms with Crippen molar-refractivity contribution in [1.82, 2.24) is 10.5 Å². The van der Waals surface area contributed by atoms with Crippen molar-refractivity contribution in [2.24, 2.45) is 0 Å². The third-order valence-corrected chi connectivity index (χ3v) is 2.63. The predicted molar refractivity (Wildman–Crippen MR) is 58.7 cm³/mol. The minimum atomic E-state index is -0.540. The summed E-state index contributed by atoms with van der Waals surface area (Å²) < 4.78 is 0.721. The van der Waals surface area contributed by atoms with E-state index in [1.807, 2.05) is 6.07 Å². The van der Waals surface area contributed by atoms with E-state index in [4.69, 9.17) is 5.21 Å². The number of carbonyl (C=O) groups is 1. The predicted octanol–water partition coefficient (Wildman–Crippen LogP) is 2.12. The lowest BCUT2D eigenvalue weighted by Gasteiger charge is -2.03. The van der Waals surface area contributed by atoms with Crippen LogP contribution in [0.2, 0.25) is 0 Å². The average Bonchev–Trinajstić information content (AvgIpc) is 2.28. The summed E-state index contributed by atoms with van der Waals surface area (Å²) in [5, 5.41) is 9.36. The number of nitrogens with zero attached hydrogens (tertiary/aromatic N) is 1. The second kappa shape index (κ2) is 3.96. The topological polar surface area (TPSA) is 62.2 Å². The van der Waals surface area contributed by atoms with Crippen LogP contribution in [0.25, 0.3) is 10.9 Å². The number of carbonyl (C=O) groups excluding carboxylic acids is 1.